The summed E-state index contributed by atoms with van der Waals surface area (Å²) in [6, 6.07) is 9.28. The summed E-state index contributed by atoms with van der Waals surface area (Å²) >= 11 is 0. The van der Waals surface area contributed by atoms with Crippen LogP contribution in [0.3, 0.4) is 0 Å². The zero-order valence-electron chi connectivity index (χ0n) is 11.1. The Kier molecular flexibility index (Phi) is 4.06. The second-order valence-electron chi connectivity index (χ2n) is 5.32. The second-order valence-corrected chi connectivity index (χ2v) is 5.32. The molecule has 1 aliphatic carbocycles. The van der Waals surface area contributed by atoms with Gasteiger partial charge in [-0.05, 0) is 51.7 Å². The molecule has 2 nitrogen and oxygen atoms in total. The number of aryl methyl sites for hydroxylation is 1. The molecule has 17 heavy (non-hydrogen) atoms. The molecule has 0 spiro atoms. The van der Waals surface area contributed by atoms with Gasteiger partial charge in [-0.15, -0.1) is 0 Å². The van der Waals surface area contributed by atoms with Crippen molar-refractivity contribution < 1.29 is 4.74 Å². The van der Waals surface area contributed by atoms with Gasteiger partial charge >= 0.3 is 0 Å². The van der Waals surface area contributed by atoms with Crippen LogP contribution in [0.2, 0.25) is 0 Å². The first-order valence-corrected chi connectivity index (χ1v) is 6.60. The van der Waals surface area contributed by atoms with Gasteiger partial charge in [0.2, 0.25) is 0 Å². The normalized spacial score (nSPS) is 18.8. The van der Waals surface area contributed by atoms with Crippen LogP contribution in [0.25, 0.3) is 0 Å². The van der Waals surface area contributed by atoms with Crippen molar-refractivity contribution in [3.05, 3.63) is 29.8 Å². The minimum Gasteiger partial charge on any atom is -0.492 e. The lowest BCUT2D eigenvalue weighted by Crippen LogP contribution is -2.39. The van der Waals surface area contributed by atoms with Gasteiger partial charge < -0.3 is 10.1 Å². The maximum Gasteiger partial charge on any atom is 0.119 e. The fraction of sp³-hybridized carbons (Fsp3) is 0.600. The molecule has 1 saturated carbocycles. The Bertz CT molecular complexity index is 342. The van der Waals surface area contributed by atoms with Crippen LogP contribution in [0.1, 0.15) is 32.3 Å². The van der Waals surface area contributed by atoms with Crippen LogP contribution >= 0.6 is 0 Å². The van der Waals surface area contributed by atoms with Crippen LogP contribution < -0.4 is 10.1 Å². The van der Waals surface area contributed by atoms with Crippen molar-refractivity contribution >= 4 is 0 Å². The van der Waals surface area contributed by atoms with Gasteiger partial charge in [0.05, 0.1) is 0 Å². The highest BCUT2D eigenvalue weighted by Gasteiger charge is 2.28. The molecule has 1 N–H and O–H groups in total. The van der Waals surface area contributed by atoms with Gasteiger partial charge in [0, 0.05) is 12.1 Å². The lowest BCUT2D eigenvalue weighted by atomic mass is 10.2. The molecule has 94 valence electrons. The first kappa shape index (κ1) is 12.4. The van der Waals surface area contributed by atoms with Gasteiger partial charge in [0.25, 0.3) is 0 Å². The average molecular weight is 233 g/mol. The lowest BCUT2D eigenvalue weighted by Gasteiger charge is -2.20. The third-order valence-corrected chi connectivity index (χ3v) is 3.40. The highest BCUT2D eigenvalue weighted by Crippen LogP contribution is 2.32. The summed E-state index contributed by atoms with van der Waals surface area (Å²) in [7, 11) is 0. The molecule has 2 rings (SSSR count). The first-order chi connectivity index (χ1) is 8.15. The molecule has 0 amide bonds. The molecule has 0 saturated heterocycles. The summed E-state index contributed by atoms with van der Waals surface area (Å²) in [6.45, 7) is 7.29. The van der Waals surface area contributed by atoms with Gasteiger partial charge in [-0.25, -0.2) is 0 Å². The molecule has 1 aromatic rings. The van der Waals surface area contributed by atoms with E-state index in [0.29, 0.717) is 12.1 Å². The monoisotopic (exact) mass is 233 g/mol. The highest BCUT2D eigenvalue weighted by molar-refractivity contribution is 5.26. The molecular weight excluding hydrogens is 210 g/mol. The van der Waals surface area contributed by atoms with Crippen LogP contribution in [0.5, 0.6) is 5.75 Å². The molecular formula is C15H23NO. The zero-order chi connectivity index (χ0) is 12.3. The van der Waals surface area contributed by atoms with Gasteiger partial charge in [0.15, 0.2) is 0 Å². The Morgan fingerprint density at radius 3 is 2.47 bits per heavy atom. The first-order valence-electron chi connectivity index (χ1n) is 6.60. The summed E-state index contributed by atoms with van der Waals surface area (Å²) < 4.78 is 5.76. The van der Waals surface area contributed by atoms with Gasteiger partial charge in [-0.2, -0.15) is 0 Å². The smallest absolute Gasteiger partial charge is 0.119 e. The predicted molar refractivity (Wildman–Crippen MR) is 71.5 cm³/mol. The summed E-state index contributed by atoms with van der Waals surface area (Å²) in [4.78, 5) is 0. The Morgan fingerprint density at radius 2 is 1.88 bits per heavy atom. The molecule has 0 bridgehead atoms. The van der Waals surface area contributed by atoms with Crippen molar-refractivity contribution in [3.8, 4) is 5.75 Å². The van der Waals surface area contributed by atoms with Crippen LogP contribution in [-0.4, -0.2) is 18.7 Å². The average Bonchev–Trinajstić information content (AvgIpc) is 3.12. The van der Waals surface area contributed by atoms with E-state index in [0.717, 1.165) is 18.3 Å². The van der Waals surface area contributed by atoms with E-state index in [1.165, 1.54) is 18.4 Å². The number of rotatable bonds is 6. The predicted octanol–water partition coefficient (Wildman–Crippen LogP) is 3.15. The number of hydrogen-bond acceptors (Lipinski definition) is 2. The number of nitrogens with one attached hydrogen (secondary N) is 1. The van der Waals surface area contributed by atoms with E-state index in [4.69, 9.17) is 4.74 Å². The Labute approximate surface area is 104 Å². The molecule has 0 radical (unpaired) electrons. The standard InChI is InChI=1S/C15H23NO/c1-11-4-8-15(9-5-11)17-10-12(2)16-13(3)14-6-7-14/h4-5,8-9,12-14,16H,6-7,10H2,1-3H3. The molecule has 1 aromatic carbocycles. The summed E-state index contributed by atoms with van der Waals surface area (Å²) in [6.07, 6.45) is 2.78. The lowest BCUT2D eigenvalue weighted by molar-refractivity contribution is 0.259. The van der Waals surface area contributed by atoms with E-state index in [2.05, 4.69) is 38.2 Å². The van der Waals surface area contributed by atoms with E-state index in [1.807, 2.05) is 12.1 Å². The van der Waals surface area contributed by atoms with Crippen LogP contribution in [0.15, 0.2) is 24.3 Å². The Balaban J connectivity index is 1.71. The highest BCUT2D eigenvalue weighted by atomic mass is 16.5. The number of benzene rings is 1. The second kappa shape index (κ2) is 5.54. The fourth-order valence-corrected chi connectivity index (χ4v) is 2.08. The van der Waals surface area contributed by atoms with Gasteiger partial charge in [-0.1, -0.05) is 17.7 Å². The maximum absolute atomic E-state index is 5.76. The van der Waals surface area contributed by atoms with Crippen molar-refractivity contribution in [2.45, 2.75) is 45.7 Å². The van der Waals surface area contributed by atoms with Crippen LogP contribution in [0.4, 0.5) is 0 Å². The van der Waals surface area contributed by atoms with Gasteiger partial charge in [0.1, 0.15) is 12.4 Å². The summed E-state index contributed by atoms with van der Waals surface area (Å²) in [5.41, 5.74) is 1.27. The minimum absolute atomic E-state index is 0.409. The summed E-state index contributed by atoms with van der Waals surface area (Å²) in [5.74, 6) is 1.86. The molecule has 2 heteroatoms. The minimum atomic E-state index is 0.409. The number of hydrogen-bond donors (Lipinski definition) is 1. The van der Waals surface area contributed by atoms with E-state index in [9.17, 15) is 0 Å². The van der Waals surface area contributed by atoms with Crippen molar-refractivity contribution in [1.29, 1.82) is 0 Å². The van der Waals surface area contributed by atoms with Crippen LogP contribution in [-0.2, 0) is 0 Å². The SMILES string of the molecule is Cc1ccc(OCC(C)NC(C)C2CC2)cc1. The molecule has 2 unspecified atom stereocenters. The van der Waals surface area contributed by atoms with Crippen molar-refractivity contribution in [2.75, 3.05) is 6.61 Å². The molecule has 0 aromatic heterocycles. The molecule has 0 heterocycles. The Hall–Kier alpha value is -1.02. The topological polar surface area (TPSA) is 21.3 Å². The van der Waals surface area contributed by atoms with E-state index < -0.39 is 0 Å². The van der Waals surface area contributed by atoms with Crippen molar-refractivity contribution in [1.82, 2.24) is 5.32 Å². The third kappa shape index (κ3) is 4.04. The van der Waals surface area contributed by atoms with Crippen LogP contribution in [0, 0.1) is 12.8 Å². The van der Waals surface area contributed by atoms with Crippen molar-refractivity contribution in [3.63, 3.8) is 0 Å². The Morgan fingerprint density at radius 1 is 1.24 bits per heavy atom. The largest absolute Gasteiger partial charge is 0.492 e. The van der Waals surface area contributed by atoms with Gasteiger partial charge in [-0.3, -0.25) is 0 Å². The third-order valence-electron chi connectivity index (χ3n) is 3.40. The quantitative estimate of drug-likeness (QED) is 0.815. The van der Waals surface area contributed by atoms with E-state index in [-0.39, 0.29) is 0 Å². The van der Waals surface area contributed by atoms with E-state index >= 15 is 0 Å². The van der Waals surface area contributed by atoms with Crippen molar-refractivity contribution in [2.24, 2.45) is 5.92 Å². The maximum atomic E-state index is 5.76. The molecule has 1 fully saturated rings. The molecule has 0 aliphatic heterocycles. The van der Waals surface area contributed by atoms with E-state index in [1.54, 1.807) is 0 Å². The number of ether oxygens (including phenoxy) is 1. The molecule has 2 atom stereocenters. The molecule has 1 aliphatic rings. The fourth-order valence-electron chi connectivity index (χ4n) is 2.08. The zero-order valence-corrected chi connectivity index (χ0v) is 11.1. The summed E-state index contributed by atoms with van der Waals surface area (Å²) in [5, 5.41) is 3.60.